The van der Waals surface area contributed by atoms with Crippen LogP contribution in [0.5, 0.6) is 0 Å². The van der Waals surface area contributed by atoms with Crippen molar-refractivity contribution >= 4 is 29.6 Å². The molecule has 4 unspecified atom stereocenters. The zero-order valence-electron chi connectivity index (χ0n) is 28.6. The van der Waals surface area contributed by atoms with Gasteiger partial charge in [-0.3, -0.25) is 24.0 Å². The fraction of sp³-hybridized carbons (Fsp3) is 0.528. The quantitative estimate of drug-likeness (QED) is 0.111. The summed E-state index contributed by atoms with van der Waals surface area (Å²) < 4.78 is 0. The van der Waals surface area contributed by atoms with E-state index >= 15 is 0 Å². The number of unbranched alkanes of at least 4 members (excludes halogenated alkanes) is 1. The first-order chi connectivity index (χ1) is 23.3. The first-order valence-corrected chi connectivity index (χ1v) is 17.1. The van der Waals surface area contributed by atoms with Crippen molar-refractivity contribution in [2.75, 3.05) is 19.6 Å². The lowest BCUT2D eigenvalue weighted by molar-refractivity contribution is -0.148. The van der Waals surface area contributed by atoms with Gasteiger partial charge in [0.1, 0.15) is 23.7 Å². The summed E-state index contributed by atoms with van der Waals surface area (Å²) >= 11 is 0. The minimum absolute atomic E-state index is 0.000286. The van der Waals surface area contributed by atoms with Crippen molar-refractivity contribution in [1.29, 1.82) is 0 Å². The molecule has 0 aromatic heterocycles. The Kier molecular flexibility index (Phi) is 15.2. The van der Waals surface area contributed by atoms with Gasteiger partial charge in [-0.15, -0.1) is 0 Å². The number of likely N-dealkylation sites (tertiary alicyclic amines) is 1. The Morgan fingerprint density at radius 1 is 0.776 bits per heavy atom. The van der Waals surface area contributed by atoms with E-state index in [0.29, 0.717) is 25.8 Å². The number of nitrogens with zero attached hydrogens (tertiary/aromatic N) is 1. The molecule has 4 amide bonds. The fourth-order valence-corrected chi connectivity index (χ4v) is 5.86. The van der Waals surface area contributed by atoms with Crippen molar-refractivity contribution in [2.45, 2.75) is 94.9 Å². The second-order valence-corrected chi connectivity index (χ2v) is 13.4. The Morgan fingerprint density at radius 3 is 1.82 bits per heavy atom. The molecule has 0 saturated carbocycles. The second kappa shape index (κ2) is 19.0. The summed E-state index contributed by atoms with van der Waals surface area (Å²) in [5.41, 5.74) is 18.2. The fourth-order valence-electron chi connectivity index (χ4n) is 5.86. The van der Waals surface area contributed by atoms with Crippen LogP contribution in [0.2, 0.25) is 0 Å². The number of nitrogens with two attached hydrogens (primary N) is 3. The van der Waals surface area contributed by atoms with Gasteiger partial charge < -0.3 is 43.2 Å². The van der Waals surface area contributed by atoms with Crippen molar-refractivity contribution in [1.82, 2.24) is 20.9 Å². The van der Waals surface area contributed by atoms with Crippen LogP contribution in [-0.4, -0.2) is 88.9 Å². The highest BCUT2D eigenvalue weighted by Gasteiger charge is 2.40. The average molecular weight is 680 g/mol. The van der Waals surface area contributed by atoms with Gasteiger partial charge >= 0.3 is 5.97 Å². The maximum atomic E-state index is 13.9. The van der Waals surface area contributed by atoms with E-state index in [4.69, 9.17) is 17.2 Å². The summed E-state index contributed by atoms with van der Waals surface area (Å²) in [5.74, 6) is -3.04. The van der Waals surface area contributed by atoms with Crippen molar-refractivity contribution in [3.05, 3.63) is 71.8 Å². The lowest BCUT2D eigenvalue weighted by Gasteiger charge is -2.38. The molecule has 4 atom stereocenters. The minimum atomic E-state index is -1.40. The molecular formula is C36H53N7O6. The summed E-state index contributed by atoms with van der Waals surface area (Å²) in [6.07, 6.45) is 2.44. The van der Waals surface area contributed by atoms with E-state index in [-0.39, 0.29) is 57.0 Å². The normalized spacial score (nSPS) is 16.6. The molecule has 10 N–H and O–H groups in total. The molecule has 268 valence electrons. The van der Waals surface area contributed by atoms with Crippen LogP contribution in [0.3, 0.4) is 0 Å². The molecule has 0 spiro atoms. The number of carboxylic acids is 1. The van der Waals surface area contributed by atoms with E-state index in [1.54, 1.807) is 0 Å². The van der Waals surface area contributed by atoms with Crippen LogP contribution < -0.4 is 33.2 Å². The number of amides is 4. The molecule has 1 fully saturated rings. The number of nitrogens with one attached hydrogen (secondary N) is 3. The highest BCUT2D eigenvalue weighted by atomic mass is 16.4. The first-order valence-electron chi connectivity index (χ1n) is 17.1. The summed E-state index contributed by atoms with van der Waals surface area (Å²) in [7, 11) is 0. The number of aliphatic carboxylic acids is 1. The molecule has 49 heavy (non-hydrogen) atoms. The predicted molar refractivity (Wildman–Crippen MR) is 187 cm³/mol. The molecule has 0 radical (unpaired) electrons. The number of hydrogen-bond donors (Lipinski definition) is 7. The molecule has 0 bridgehead atoms. The standard InChI is InChI=1S/C36H53N7O6/c1-24(2)21-29(32(45)40-28(15-9-10-18-37)34(47)43-19-16-36(39,17-20-43)35(48)49)42-33(46)30(23-26-13-7-4-8-14-26)41-31(44)27(38)22-25-11-5-3-6-12-25/h3-8,11-14,24,27-30H,9-10,15-23,37-39H2,1-2H3,(H,40,45)(H,41,44)(H,42,46)(H,48,49). The first kappa shape index (κ1) is 39.1. The number of carboxylic acid groups (broad SMARTS) is 1. The molecule has 2 aromatic carbocycles. The number of benzene rings is 2. The Labute approximate surface area is 288 Å². The zero-order chi connectivity index (χ0) is 36.0. The SMILES string of the molecule is CC(C)CC(NC(=O)C(Cc1ccccc1)NC(=O)C(N)Cc1ccccc1)C(=O)NC(CCCCN)C(=O)N1CCC(N)(C(=O)O)CC1. The molecule has 1 saturated heterocycles. The van der Waals surface area contributed by atoms with Crippen LogP contribution in [0.4, 0.5) is 0 Å². The van der Waals surface area contributed by atoms with Gasteiger partial charge in [0.05, 0.1) is 6.04 Å². The number of hydrogen-bond acceptors (Lipinski definition) is 8. The van der Waals surface area contributed by atoms with Crippen molar-refractivity contribution < 1.29 is 29.1 Å². The average Bonchev–Trinajstić information content (AvgIpc) is 3.07. The third kappa shape index (κ3) is 12.3. The molecular weight excluding hydrogens is 626 g/mol. The topological polar surface area (TPSA) is 223 Å². The van der Waals surface area contributed by atoms with Gasteiger partial charge in [-0.25, -0.2) is 0 Å². The van der Waals surface area contributed by atoms with E-state index in [9.17, 15) is 29.1 Å². The summed E-state index contributed by atoms with van der Waals surface area (Å²) in [4.78, 5) is 67.7. The van der Waals surface area contributed by atoms with Crippen molar-refractivity contribution in [2.24, 2.45) is 23.1 Å². The third-order valence-electron chi connectivity index (χ3n) is 8.85. The van der Waals surface area contributed by atoms with Gasteiger partial charge in [-0.2, -0.15) is 0 Å². The van der Waals surface area contributed by atoms with Gasteiger partial charge in [0, 0.05) is 19.5 Å². The van der Waals surface area contributed by atoms with E-state index in [0.717, 1.165) is 11.1 Å². The van der Waals surface area contributed by atoms with Crippen molar-refractivity contribution in [3.63, 3.8) is 0 Å². The van der Waals surface area contributed by atoms with Crippen LogP contribution >= 0.6 is 0 Å². The molecule has 1 heterocycles. The Hall–Kier alpha value is -4.33. The van der Waals surface area contributed by atoms with Crippen LogP contribution in [0.1, 0.15) is 63.5 Å². The molecule has 0 aliphatic carbocycles. The molecule has 1 aliphatic heterocycles. The number of rotatable bonds is 18. The summed E-state index contributed by atoms with van der Waals surface area (Å²) in [6, 6.07) is 14.7. The van der Waals surface area contributed by atoms with Crippen LogP contribution in [0, 0.1) is 5.92 Å². The third-order valence-corrected chi connectivity index (χ3v) is 8.85. The van der Waals surface area contributed by atoms with Crippen LogP contribution in [0.15, 0.2) is 60.7 Å². The van der Waals surface area contributed by atoms with Crippen molar-refractivity contribution in [3.8, 4) is 0 Å². The summed E-state index contributed by atoms with van der Waals surface area (Å²) in [5, 5.41) is 18.0. The van der Waals surface area contributed by atoms with E-state index < -0.39 is 53.4 Å². The smallest absolute Gasteiger partial charge is 0.323 e. The van der Waals surface area contributed by atoms with Gasteiger partial charge in [0.25, 0.3) is 0 Å². The lowest BCUT2D eigenvalue weighted by atomic mass is 9.88. The van der Waals surface area contributed by atoms with Gasteiger partial charge in [0.15, 0.2) is 0 Å². The van der Waals surface area contributed by atoms with Gasteiger partial charge in [0.2, 0.25) is 23.6 Å². The zero-order valence-corrected chi connectivity index (χ0v) is 28.6. The largest absolute Gasteiger partial charge is 0.480 e. The highest BCUT2D eigenvalue weighted by molar-refractivity contribution is 5.95. The Bertz CT molecular complexity index is 1380. The van der Waals surface area contributed by atoms with E-state index in [1.165, 1.54) is 4.90 Å². The minimum Gasteiger partial charge on any atom is -0.480 e. The number of piperidine rings is 1. The Balaban J connectivity index is 1.77. The molecule has 13 nitrogen and oxygen atoms in total. The lowest BCUT2D eigenvalue weighted by Crippen LogP contribution is -2.60. The van der Waals surface area contributed by atoms with Gasteiger partial charge in [-0.1, -0.05) is 74.5 Å². The molecule has 1 aliphatic rings. The van der Waals surface area contributed by atoms with E-state index in [2.05, 4.69) is 16.0 Å². The summed E-state index contributed by atoms with van der Waals surface area (Å²) in [6.45, 7) is 4.53. The highest BCUT2D eigenvalue weighted by Crippen LogP contribution is 2.21. The molecule has 13 heteroatoms. The monoisotopic (exact) mass is 679 g/mol. The maximum Gasteiger partial charge on any atom is 0.323 e. The van der Waals surface area contributed by atoms with Crippen LogP contribution in [0.25, 0.3) is 0 Å². The number of carbonyl (C=O) groups excluding carboxylic acids is 4. The molecule has 2 aromatic rings. The second-order valence-electron chi connectivity index (χ2n) is 13.4. The predicted octanol–water partition coefficient (Wildman–Crippen LogP) is 0.833. The maximum absolute atomic E-state index is 13.9. The number of carbonyl (C=O) groups is 5. The molecule has 3 rings (SSSR count). The van der Waals surface area contributed by atoms with Crippen LogP contribution in [-0.2, 0) is 36.8 Å². The van der Waals surface area contributed by atoms with E-state index in [1.807, 2.05) is 74.5 Å². The van der Waals surface area contributed by atoms with Gasteiger partial charge in [-0.05, 0) is 68.5 Å². The Morgan fingerprint density at radius 2 is 1.29 bits per heavy atom.